The molecule has 0 bridgehead atoms. The van der Waals surface area contributed by atoms with Crippen LogP contribution in [0.5, 0.6) is 0 Å². The molecule has 4 unspecified atom stereocenters. The van der Waals surface area contributed by atoms with Gasteiger partial charge in [-0.3, -0.25) is 14.4 Å². The Labute approximate surface area is 198 Å². The summed E-state index contributed by atoms with van der Waals surface area (Å²) in [5.74, 6) is -2.57. The summed E-state index contributed by atoms with van der Waals surface area (Å²) in [6.45, 7) is 5.53. The first kappa shape index (κ1) is 23.2. The molecule has 33 heavy (non-hydrogen) atoms. The molecule has 0 aliphatic heterocycles. The largest absolute Gasteiger partial charge is 0.450 e. The number of halogens is 2. The topological polar surface area (TPSA) is 80.7 Å². The van der Waals surface area contributed by atoms with Gasteiger partial charge in [0.15, 0.2) is 22.8 Å². The quantitative estimate of drug-likeness (QED) is 0.486. The van der Waals surface area contributed by atoms with Crippen LogP contribution in [0.4, 0.5) is 4.39 Å². The van der Waals surface area contributed by atoms with Gasteiger partial charge in [0.25, 0.3) is 0 Å². The summed E-state index contributed by atoms with van der Waals surface area (Å²) < 4.78 is 23.3. The molecule has 5 aliphatic carbocycles. The van der Waals surface area contributed by atoms with Crippen LogP contribution in [0.15, 0.2) is 23.8 Å². The van der Waals surface area contributed by atoms with Crippen LogP contribution >= 0.6 is 11.6 Å². The molecule has 1 N–H and O–H groups in total. The SMILES string of the molecule is C[C@H]1CC2C3CCC4=CC(=O)C=CC4(C)[C@@]3(F)[C@@H](O)CC2(C)[C@@]1(OC(=O)C1CC1)C(=O)CCl. The average Bonchev–Trinajstić information content (AvgIpc) is 3.58. The Kier molecular flexibility index (Phi) is 5.09. The second-order valence-corrected chi connectivity index (χ2v) is 11.7. The van der Waals surface area contributed by atoms with Gasteiger partial charge in [-0.2, -0.15) is 0 Å². The highest BCUT2D eigenvalue weighted by Gasteiger charge is 2.77. The Bertz CT molecular complexity index is 987. The molecule has 4 saturated carbocycles. The van der Waals surface area contributed by atoms with Crippen molar-refractivity contribution in [3.8, 4) is 0 Å². The van der Waals surface area contributed by atoms with Crippen molar-refractivity contribution in [2.75, 3.05) is 5.88 Å². The van der Waals surface area contributed by atoms with Gasteiger partial charge >= 0.3 is 5.97 Å². The first-order valence-electron chi connectivity index (χ1n) is 12.1. The second-order valence-electron chi connectivity index (χ2n) is 11.4. The fourth-order valence-electron chi connectivity index (χ4n) is 8.06. The summed E-state index contributed by atoms with van der Waals surface area (Å²) in [7, 11) is 0. The first-order chi connectivity index (χ1) is 15.5. The maximum Gasteiger partial charge on any atom is 0.309 e. The van der Waals surface area contributed by atoms with E-state index in [0.29, 0.717) is 24.8 Å². The molecule has 0 amide bonds. The molecule has 8 atom stereocenters. The van der Waals surface area contributed by atoms with E-state index in [1.165, 1.54) is 12.2 Å². The van der Waals surface area contributed by atoms with Gasteiger partial charge in [0.1, 0.15) is 0 Å². The molecule has 0 heterocycles. The lowest BCUT2D eigenvalue weighted by Crippen LogP contribution is -2.70. The number of allylic oxidation sites excluding steroid dienone is 4. The van der Waals surface area contributed by atoms with Crippen molar-refractivity contribution in [1.82, 2.24) is 0 Å². The molecule has 0 saturated heterocycles. The number of carbonyl (C=O) groups excluding carboxylic acids is 3. The van der Waals surface area contributed by atoms with E-state index in [4.69, 9.17) is 16.3 Å². The minimum Gasteiger partial charge on any atom is -0.450 e. The summed E-state index contributed by atoms with van der Waals surface area (Å²) in [4.78, 5) is 38.3. The molecule has 7 heteroatoms. The highest BCUT2D eigenvalue weighted by Crippen LogP contribution is 2.71. The molecule has 0 spiro atoms. The summed E-state index contributed by atoms with van der Waals surface area (Å²) in [6, 6.07) is 0. The number of ether oxygens (including phenoxy) is 1. The molecule has 5 aliphatic rings. The van der Waals surface area contributed by atoms with Gasteiger partial charge in [-0.25, -0.2) is 4.39 Å². The Hall–Kier alpha value is -1.53. The number of aliphatic hydroxyl groups is 1. The van der Waals surface area contributed by atoms with E-state index in [2.05, 4.69) is 0 Å². The Morgan fingerprint density at radius 3 is 2.58 bits per heavy atom. The minimum absolute atomic E-state index is 0.0137. The van der Waals surface area contributed by atoms with E-state index < -0.39 is 34.1 Å². The van der Waals surface area contributed by atoms with Crippen LogP contribution in [-0.2, 0) is 19.1 Å². The first-order valence-corrected chi connectivity index (χ1v) is 12.6. The number of carbonyl (C=O) groups is 3. The van der Waals surface area contributed by atoms with Crippen LogP contribution < -0.4 is 0 Å². The number of hydrogen-bond donors (Lipinski definition) is 1. The van der Waals surface area contributed by atoms with Crippen LogP contribution in [0.25, 0.3) is 0 Å². The molecular formula is C26H32ClFO5. The van der Waals surface area contributed by atoms with Crippen LogP contribution in [0.3, 0.4) is 0 Å². The van der Waals surface area contributed by atoms with Gasteiger partial charge < -0.3 is 9.84 Å². The molecule has 0 aromatic carbocycles. The van der Waals surface area contributed by atoms with E-state index in [9.17, 15) is 19.5 Å². The number of fused-ring (bicyclic) bond motifs is 5. The number of ketones is 2. The maximum atomic E-state index is 17.3. The fraction of sp³-hybridized carbons (Fsp3) is 0.731. The van der Waals surface area contributed by atoms with E-state index in [0.717, 1.165) is 12.8 Å². The van der Waals surface area contributed by atoms with Crippen molar-refractivity contribution < 1.29 is 28.6 Å². The Balaban J connectivity index is 1.61. The molecule has 5 rings (SSSR count). The fourth-order valence-corrected chi connectivity index (χ4v) is 8.26. The lowest BCUT2D eigenvalue weighted by Gasteiger charge is -2.62. The number of aliphatic hydroxyl groups excluding tert-OH is 1. The van der Waals surface area contributed by atoms with Gasteiger partial charge in [-0.15, -0.1) is 11.6 Å². The van der Waals surface area contributed by atoms with Gasteiger partial charge in [0, 0.05) is 22.7 Å². The van der Waals surface area contributed by atoms with Crippen molar-refractivity contribution in [3.05, 3.63) is 23.8 Å². The van der Waals surface area contributed by atoms with Gasteiger partial charge in [0.05, 0.1) is 17.9 Å². The molecule has 0 radical (unpaired) electrons. The summed E-state index contributed by atoms with van der Waals surface area (Å²) in [6.07, 6.45) is 6.13. The third-order valence-corrected chi connectivity index (χ3v) is 10.1. The summed E-state index contributed by atoms with van der Waals surface area (Å²) >= 11 is 6.06. The van der Waals surface area contributed by atoms with Gasteiger partial charge in [-0.1, -0.05) is 25.5 Å². The lowest BCUT2D eigenvalue weighted by atomic mass is 9.44. The number of rotatable bonds is 4. The minimum atomic E-state index is -1.99. The molecule has 4 fully saturated rings. The Morgan fingerprint density at radius 1 is 1.24 bits per heavy atom. The molecular weight excluding hydrogens is 447 g/mol. The van der Waals surface area contributed by atoms with Crippen molar-refractivity contribution >= 4 is 29.1 Å². The molecule has 0 aromatic rings. The van der Waals surface area contributed by atoms with Crippen LogP contribution in [0.2, 0.25) is 0 Å². The zero-order valence-electron chi connectivity index (χ0n) is 19.4. The van der Waals surface area contributed by atoms with E-state index in [-0.39, 0.29) is 47.6 Å². The van der Waals surface area contributed by atoms with E-state index >= 15 is 4.39 Å². The smallest absolute Gasteiger partial charge is 0.309 e. The summed E-state index contributed by atoms with van der Waals surface area (Å²) in [5, 5.41) is 11.5. The monoisotopic (exact) mass is 478 g/mol. The van der Waals surface area contributed by atoms with E-state index in [1.54, 1.807) is 13.0 Å². The zero-order valence-corrected chi connectivity index (χ0v) is 20.2. The number of Topliss-reactive ketones (excluding diaryl/α,β-unsaturated/α-hetero) is 1. The molecule has 5 nitrogen and oxygen atoms in total. The summed E-state index contributed by atoms with van der Waals surface area (Å²) in [5.41, 5.74) is -4.78. The Morgan fingerprint density at radius 2 is 1.94 bits per heavy atom. The lowest BCUT2D eigenvalue weighted by molar-refractivity contribution is -0.227. The average molecular weight is 479 g/mol. The molecule has 0 aromatic heterocycles. The highest BCUT2D eigenvalue weighted by atomic mass is 35.5. The second kappa shape index (κ2) is 7.24. The van der Waals surface area contributed by atoms with Crippen molar-refractivity contribution in [3.63, 3.8) is 0 Å². The van der Waals surface area contributed by atoms with E-state index in [1.807, 2.05) is 13.8 Å². The van der Waals surface area contributed by atoms with Crippen molar-refractivity contribution in [1.29, 1.82) is 0 Å². The normalized spacial score (nSPS) is 48.4. The predicted molar refractivity (Wildman–Crippen MR) is 120 cm³/mol. The predicted octanol–water partition coefficient (Wildman–Crippen LogP) is 4.10. The number of alkyl halides is 2. The third kappa shape index (κ3) is 2.77. The maximum absolute atomic E-state index is 17.3. The number of hydrogen-bond acceptors (Lipinski definition) is 5. The van der Waals surface area contributed by atoms with Crippen molar-refractivity contribution in [2.45, 2.75) is 76.7 Å². The standard InChI is InChI=1S/C26H32ClFO5/c1-14-10-19-18-7-6-16-11-17(29)8-9-23(16,2)25(18,28)20(30)12-24(19,3)26(14,21(31)13-27)33-22(32)15-4-5-15/h8-9,11,14-15,18-20,30H,4-7,10,12-13H2,1-3H3/t14-,18?,19?,20-,23?,24?,25-,26-/m0/s1. The van der Waals surface area contributed by atoms with Crippen LogP contribution in [-0.4, -0.2) is 45.9 Å². The van der Waals surface area contributed by atoms with Crippen LogP contribution in [0, 0.1) is 34.5 Å². The number of esters is 1. The van der Waals surface area contributed by atoms with Crippen molar-refractivity contribution in [2.24, 2.45) is 34.5 Å². The van der Waals surface area contributed by atoms with Crippen LogP contribution in [0.1, 0.15) is 59.3 Å². The molecule has 180 valence electrons. The van der Waals surface area contributed by atoms with Gasteiger partial charge in [-0.05, 0) is 63.5 Å². The van der Waals surface area contributed by atoms with Gasteiger partial charge in [0.2, 0.25) is 0 Å². The highest BCUT2D eigenvalue weighted by molar-refractivity contribution is 6.29. The zero-order chi connectivity index (χ0) is 24.0. The third-order valence-electron chi connectivity index (χ3n) is 9.89.